The van der Waals surface area contributed by atoms with Crippen molar-refractivity contribution in [2.24, 2.45) is 0 Å². The van der Waals surface area contributed by atoms with Crippen LogP contribution in [0.4, 0.5) is 28.9 Å². The molecule has 9 heteroatoms. The minimum atomic E-state index is -4.58. The lowest BCUT2D eigenvalue weighted by Gasteiger charge is -2.33. The molecule has 1 aliphatic rings. The molecule has 0 aromatic heterocycles. The topological polar surface area (TPSA) is 36.8 Å². The second kappa shape index (κ2) is 8.36. The first-order valence-electron chi connectivity index (χ1n) is 8.73. The highest BCUT2D eigenvalue weighted by atomic mass is 35.5. The number of benzene rings is 2. The van der Waals surface area contributed by atoms with E-state index in [0.29, 0.717) is 26.2 Å². The number of carbonyl (C=O) groups is 1. The lowest BCUT2D eigenvalue weighted by molar-refractivity contribution is -0.892. The molecule has 0 spiro atoms. The van der Waals surface area contributed by atoms with Crippen molar-refractivity contribution < 1.29 is 27.3 Å². The van der Waals surface area contributed by atoms with E-state index >= 15 is 0 Å². The van der Waals surface area contributed by atoms with Crippen LogP contribution in [-0.4, -0.2) is 38.6 Å². The number of quaternary nitrogens is 1. The molecular formula is C19H19ClF4N3O+. The number of carbonyl (C=O) groups excluding carboxylic acids is 1. The van der Waals surface area contributed by atoms with Gasteiger partial charge >= 0.3 is 6.18 Å². The molecule has 0 unspecified atom stereocenters. The molecule has 0 aliphatic carbocycles. The molecular weight excluding hydrogens is 398 g/mol. The monoisotopic (exact) mass is 416 g/mol. The van der Waals surface area contributed by atoms with Crippen LogP contribution in [0.5, 0.6) is 0 Å². The van der Waals surface area contributed by atoms with Gasteiger partial charge in [0.1, 0.15) is 5.82 Å². The quantitative estimate of drug-likeness (QED) is 0.752. The minimum absolute atomic E-state index is 0.0612. The highest BCUT2D eigenvalue weighted by Crippen LogP contribution is 2.36. The first kappa shape index (κ1) is 20.4. The molecule has 0 atom stereocenters. The minimum Gasteiger partial charge on any atom is -0.360 e. The Labute approximate surface area is 164 Å². The second-order valence-corrected chi connectivity index (χ2v) is 7.04. The van der Waals surface area contributed by atoms with Crippen LogP contribution in [0.1, 0.15) is 5.56 Å². The van der Waals surface area contributed by atoms with Crippen LogP contribution in [0.15, 0.2) is 42.5 Å². The second-order valence-electron chi connectivity index (χ2n) is 6.63. The predicted molar refractivity (Wildman–Crippen MR) is 99.3 cm³/mol. The summed E-state index contributed by atoms with van der Waals surface area (Å²) in [6.07, 6.45) is -4.58. The summed E-state index contributed by atoms with van der Waals surface area (Å²) in [5, 5.41) is 2.10. The Kier molecular flexibility index (Phi) is 6.10. The largest absolute Gasteiger partial charge is 0.417 e. The van der Waals surface area contributed by atoms with Crippen LogP contribution in [0.2, 0.25) is 5.02 Å². The van der Waals surface area contributed by atoms with Crippen molar-refractivity contribution in [1.82, 2.24) is 0 Å². The smallest absolute Gasteiger partial charge is 0.360 e. The van der Waals surface area contributed by atoms with Gasteiger partial charge in [0.25, 0.3) is 5.91 Å². The van der Waals surface area contributed by atoms with Gasteiger partial charge in [-0.3, -0.25) is 4.79 Å². The van der Waals surface area contributed by atoms with E-state index < -0.39 is 16.8 Å². The van der Waals surface area contributed by atoms with Gasteiger partial charge in [-0.2, -0.15) is 13.2 Å². The average Bonchev–Trinajstić information content (AvgIpc) is 2.64. The molecule has 1 fully saturated rings. The maximum atomic E-state index is 13.0. The third-order valence-corrected chi connectivity index (χ3v) is 4.96. The van der Waals surface area contributed by atoms with Crippen LogP contribution < -0.4 is 15.1 Å². The van der Waals surface area contributed by atoms with Gasteiger partial charge in [-0.15, -0.1) is 0 Å². The maximum absolute atomic E-state index is 13.0. The number of hydrogen-bond donors (Lipinski definition) is 2. The SMILES string of the molecule is O=C(C[NH+]1CCN(c2ccc(F)cc2)CC1)Nc1ccc(Cl)c(C(F)(F)F)c1. The van der Waals surface area contributed by atoms with Gasteiger partial charge in [-0.25, -0.2) is 4.39 Å². The summed E-state index contributed by atoms with van der Waals surface area (Å²) in [7, 11) is 0. The predicted octanol–water partition coefficient (Wildman–Crippen LogP) is 2.84. The van der Waals surface area contributed by atoms with Crippen molar-refractivity contribution >= 4 is 28.9 Å². The third kappa shape index (κ3) is 5.14. The average molecular weight is 417 g/mol. The van der Waals surface area contributed by atoms with E-state index in [-0.39, 0.29) is 24.0 Å². The number of amides is 1. The van der Waals surface area contributed by atoms with Crippen molar-refractivity contribution in [3.05, 3.63) is 58.9 Å². The Balaban J connectivity index is 1.53. The highest BCUT2D eigenvalue weighted by Gasteiger charge is 2.33. The Morgan fingerprint density at radius 2 is 1.75 bits per heavy atom. The number of hydrogen-bond acceptors (Lipinski definition) is 2. The van der Waals surface area contributed by atoms with E-state index in [2.05, 4.69) is 10.2 Å². The third-order valence-electron chi connectivity index (χ3n) is 4.63. The van der Waals surface area contributed by atoms with Crippen LogP contribution in [-0.2, 0) is 11.0 Å². The maximum Gasteiger partial charge on any atom is 0.417 e. The highest BCUT2D eigenvalue weighted by molar-refractivity contribution is 6.31. The number of anilines is 2. The van der Waals surface area contributed by atoms with E-state index in [4.69, 9.17) is 11.6 Å². The fourth-order valence-electron chi connectivity index (χ4n) is 3.16. The lowest BCUT2D eigenvalue weighted by atomic mass is 10.2. The van der Waals surface area contributed by atoms with Crippen molar-refractivity contribution in [3.8, 4) is 0 Å². The molecule has 2 aromatic rings. The van der Waals surface area contributed by atoms with Crippen LogP contribution in [0, 0.1) is 5.82 Å². The Bertz CT molecular complexity index is 834. The molecule has 4 nitrogen and oxygen atoms in total. The Morgan fingerprint density at radius 3 is 2.36 bits per heavy atom. The zero-order valence-electron chi connectivity index (χ0n) is 14.8. The summed E-state index contributed by atoms with van der Waals surface area (Å²) >= 11 is 5.58. The molecule has 1 heterocycles. The fraction of sp³-hybridized carbons (Fsp3) is 0.316. The van der Waals surface area contributed by atoms with E-state index in [1.54, 1.807) is 12.1 Å². The molecule has 2 aromatic carbocycles. The van der Waals surface area contributed by atoms with Gasteiger partial charge in [-0.05, 0) is 42.5 Å². The molecule has 0 saturated carbocycles. The molecule has 1 amide bonds. The first-order valence-corrected chi connectivity index (χ1v) is 9.11. The first-order chi connectivity index (χ1) is 13.2. The van der Waals surface area contributed by atoms with Crippen molar-refractivity contribution in [2.45, 2.75) is 6.18 Å². The van der Waals surface area contributed by atoms with Crippen molar-refractivity contribution in [2.75, 3.05) is 42.9 Å². The molecule has 1 aliphatic heterocycles. The van der Waals surface area contributed by atoms with Gasteiger partial charge in [-0.1, -0.05) is 11.6 Å². The standard InChI is InChI=1S/C19H18ClF4N3O/c20-17-6-3-14(11-16(17)19(22,23)24)25-18(28)12-26-7-9-27(10-8-26)15-4-1-13(21)2-5-15/h1-6,11H,7-10,12H2,(H,25,28)/p+1. The summed E-state index contributed by atoms with van der Waals surface area (Å²) in [5.41, 5.74) is 0.00375. The van der Waals surface area contributed by atoms with Gasteiger partial charge in [0, 0.05) is 11.4 Å². The molecule has 3 rings (SSSR count). The summed E-state index contributed by atoms with van der Waals surface area (Å²) in [6, 6.07) is 9.54. The molecule has 1 saturated heterocycles. The van der Waals surface area contributed by atoms with Crippen LogP contribution >= 0.6 is 11.6 Å². The molecule has 2 N–H and O–H groups in total. The van der Waals surface area contributed by atoms with E-state index in [0.717, 1.165) is 22.7 Å². The van der Waals surface area contributed by atoms with Gasteiger partial charge in [0.05, 0.1) is 36.8 Å². The summed E-state index contributed by atoms with van der Waals surface area (Å²) in [5.74, 6) is -0.652. The molecule has 0 radical (unpaired) electrons. The van der Waals surface area contributed by atoms with Gasteiger partial charge in [0.15, 0.2) is 6.54 Å². The number of nitrogens with one attached hydrogen (secondary N) is 2. The fourth-order valence-corrected chi connectivity index (χ4v) is 3.39. The van der Waals surface area contributed by atoms with Crippen LogP contribution in [0.25, 0.3) is 0 Å². The van der Waals surface area contributed by atoms with E-state index in [1.807, 2.05) is 0 Å². The van der Waals surface area contributed by atoms with Crippen LogP contribution in [0.3, 0.4) is 0 Å². The number of piperazine rings is 1. The number of nitrogens with zero attached hydrogens (tertiary/aromatic N) is 1. The lowest BCUT2D eigenvalue weighted by Crippen LogP contribution is -3.15. The van der Waals surface area contributed by atoms with Crippen molar-refractivity contribution in [3.63, 3.8) is 0 Å². The number of rotatable bonds is 4. The number of halogens is 5. The molecule has 150 valence electrons. The summed E-state index contributed by atoms with van der Waals surface area (Å²) in [6.45, 7) is 2.94. The number of alkyl halides is 3. The van der Waals surface area contributed by atoms with E-state index in [9.17, 15) is 22.4 Å². The van der Waals surface area contributed by atoms with Crippen molar-refractivity contribution in [1.29, 1.82) is 0 Å². The zero-order chi connectivity index (χ0) is 20.3. The summed E-state index contributed by atoms with van der Waals surface area (Å²) < 4.78 is 51.7. The van der Waals surface area contributed by atoms with E-state index in [1.165, 1.54) is 18.2 Å². The van der Waals surface area contributed by atoms with Gasteiger partial charge < -0.3 is 15.1 Å². The molecule has 0 bridgehead atoms. The normalized spacial score (nSPS) is 15.5. The molecule has 28 heavy (non-hydrogen) atoms. The van der Waals surface area contributed by atoms with Gasteiger partial charge in [0.2, 0.25) is 0 Å². The Hall–Kier alpha value is -2.32. The summed E-state index contributed by atoms with van der Waals surface area (Å²) in [4.78, 5) is 15.3. The zero-order valence-corrected chi connectivity index (χ0v) is 15.6. The Morgan fingerprint density at radius 1 is 1.11 bits per heavy atom.